The molecule has 0 aromatic heterocycles. The van der Waals surface area contributed by atoms with Gasteiger partial charge in [-0.2, -0.15) is 0 Å². The summed E-state index contributed by atoms with van der Waals surface area (Å²) < 4.78 is 38.6. The maximum atomic E-state index is 13.5. The fourth-order valence-corrected chi connectivity index (χ4v) is 3.07. The zero-order valence-corrected chi connectivity index (χ0v) is 10.8. The van der Waals surface area contributed by atoms with Crippen LogP contribution in [0.1, 0.15) is 28.8 Å². The predicted octanol–water partition coefficient (Wildman–Crippen LogP) is 1.60. The average Bonchev–Trinajstić information content (AvgIpc) is 2.99. The number of hydrogen-bond donors (Lipinski definition) is 1. The summed E-state index contributed by atoms with van der Waals surface area (Å²) in [6.45, 7) is 1.69. The monoisotopic (exact) mass is 271 g/mol. The molecule has 2 rings (SSSR count). The average molecular weight is 271 g/mol. The van der Waals surface area contributed by atoms with Crippen molar-refractivity contribution in [3.05, 3.63) is 35.1 Å². The number of benzene rings is 1. The van der Waals surface area contributed by atoms with Crippen LogP contribution in [-0.4, -0.2) is 20.1 Å². The number of carbonyl (C=O) groups excluding carboxylic acids is 1. The van der Waals surface area contributed by atoms with Crippen LogP contribution in [0.2, 0.25) is 0 Å². The Kier molecular flexibility index (Phi) is 3.38. The van der Waals surface area contributed by atoms with Crippen LogP contribution >= 0.6 is 0 Å². The van der Waals surface area contributed by atoms with Gasteiger partial charge < -0.3 is 0 Å². The van der Waals surface area contributed by atoms with Crippen LogP contribution in [-0.2, 0) is 10.0 Å². The highest BCUT2D eigenvalue weighted by molar-refractivity contribution is 7.90. The van der Waals surface area contributed by atoms with Gasteiger partial charge in [0.25, 0.3) is 5.91 Å². The summed E-state index contributed by atoms with van der Waals surface area (Å²) in [7, 11) is -3.66. The maximum absolute atomic E-state index is 13.5. The number of aryl methyl sites for hydroxylation is 1. The second-order valence-corrected chi connectivity index (χ2v) is 6.41. The number of nitrogens with one attached hydrogen (secondary N) is 1. The molecule has 18 heavy (non-hydrogen) atoms. The minimum atomic E-state index is -3.66. The zero-order chi connectivity index (χ0) is 13.3. The number of amides is 1. The quantitative estimate of drug-likeness (QED) is 0.904. The summed E-state index contributed by atoms with van der Waals surface area (Å²) in [5.74, 6) is -1.55. The van der Waals surface area contributed by atoms with Gasteiger partial charge in [0.1, 0.15) is 5.82 Å². The Morgan fingerprint density at radius 1 is 1.44 bits per heavy atom. The summed E-state index contributed by atoms with van der Waals surface area (Å²) in [5, 5.41) is 0. The smallest absolute Gasteiger partial charge is 0.267 e. The van der Waals surface area contributed by atoms with Crippen molar-refractivity contribution in [2.24, 2.45) is 5.92 Å². The lowest BCUT2D eigenvalue weighted by molar-refractivity contribution is 0.0977. The first kappa shape index (κ1) is 13.0. The molecule has 6 heteroatoms. The van der Waals surface area contributed by atoms with Crippen molar-refractivity contribution in [1.29, 1.82) is 0 Å². The van der Waals surface area contributed by atoms with E-state index in [4.69, 9.17) is 0 Å². The third-order valence-electron chi connectivity index (χ3n) is 2.77. The fourth-order valence-electron chi connectivity index (χ4n) is 1.64. The number of halogens is 1. The molecule has 98 valence electrons. The Morgan fingerprint density at radius 3 is 2.67 bits per heavy atom. The fraction of sp³-hybridized carbons (Fsp3) is 0.417. The molecule has 1 aromatic carbocycles. The molecule has 1 fully saturated rings. The largest absolute Gasteiger partial charge is 0.268 e. The van der Waals surface area contributed by atoms with Crippen molar-refractivity contribution in [1.82, 2.24) is 4.72 Å². The molecule has 1 N–H and O–H groups in total. The van der Waals surface area contributed by atoms with E-state index in [9.17, 15) is 17.6 Å². The SMILES string of the molecule is Cc1ccc(C(=O)NS(=O)(=O)CC2CC2)c(F)c1. The van der Waals surface area contributed by atoms with Crippen LogP contribution in [0.4, 0.5) is 4.39 Å². The third-order valence-corrected chi connectivity index (χ3v) is 4.18. The predicted molar refractivity (Wildman–Crippen MR) is 65.1 cm³/mol. The van der Waals surface area contributed by atoms with Crippen LogP contribution in [0.3, 0.4) is 0 Å². The molecule has 1 aliphatic rings. The minimum absolute atomic E-state index is 0.0633. The molecule has 1 amide bonds. The lowest BCUT2D eigenvalue weighted by Crippen LogP contribution is -2.33. The first-order valence-corrected chi connectivity index (χ1v) is 7.33. The second kappa shape index (κ2) is 4.68. The Hall–Kier alpha value is -1.43. The molecule has 0 spiro atoms. The van der Waals surface area contributed by atoms with Gasteiger partial charge in [-0.05, 0) is 43.4 Å². The highest BCUT2D eigenvalue weighted by atomic mass is 32.2. The molecule has 0 radical (unpaired) electrons. The summed E-state index contributed by atoms with van der Waals surface area (Å²) in [6, 6.07) is 4.04. The lowest BCUT2D eigenvalue weighted by Gasteiger charge is -2.07. The van der Waals surface area contributed by atoms with Crippen LogP contribution in [0, 0.1) is 18.7 Å². The van der Waals surface area contributed by atoms with Crippen molar-refractivity contribution < 1.29 is 17.6 Å². The first-order chi connectivity index (χ1) is 8.37. The molecule has 0 bridgehead atoms. The van der Waals surface area contributed by atoms with E-state index in [0.717, 1.165) is 12.8 Å². The summed E-state index contributed by atoms with van der Waals surface area (Å²) >= 11 is 0. The molecule has 1 saturated carbocycles. The third kappa shape index (κ3) is 3.29. The molecule has 0 aliphatic heterocycles. The van der Waals surface area contributed by atoms with Crippen LogP contribution in [0.25, 0.3) is 0 Å². The van der Waals surface area contributed by atoms with E-state index in [1.54, 1.807) is 13.0 Å². The topological polar surface area (TPSA) is 63.2 Å². The van der Waals surface area contributed by atoms with E-state index < -0.39 is 21.7 Å². The summed E-state index contributed by atoms with van der Waals surface area (Å²) in [5.41, 5.74) is 0.421. The standard InChI is InChI=1S/C12H14FNO3S/c1-8-2-5-10(11(13)6-8)12(15)14-18(16,17)7-9-3-4-9/h2,5-6,9H,3-4,7H2,1H3,(H,14,15). The van der Waals surface area contributed by atoms with E-state index >= 15 is 0 Å². The Labute approximate surface area is 105 Å². The Balaban J connectivity index is 2.11. The molecule has 0 saturated heterocycles. The number of hydrogen-bond acceptors (Lipinski definition) is 3. The van der Waals surface area contributed by atoms with Gasteiger partial charge in [0.05, 0.1) is 11.3 Å². The van der Waals surface area contributed by atoms with Crippen molar-refractivity contribution in [2.45, 2.75) is 19.8 Å². The van der Waals surface area contributed by atoms with E-state index in [1.807, 2.05) is 4.72 Å². The molecular weight excluding hydrogens is 257 g/mol. The second-order valence-electron chi connectivity index (χ2n) is 4.64. The van der Waals surface area contributed by atoms with Crippen LogP contribution in [0.15, 0.2) is 18.2 Å². The van der Waals surface area contributed by atoms with Crippen molar-refractivity contribution in [2.75, 3.05) is 5.75 Å². The molecule has 0 unspecified atom stereocenters. The van der Waals surface area contributed by atoms with E-state index in [-0.39, 0.29) is 17.2 Å². The summed E-state index contributed by atoms with van der Waals surface area (Å²) in [6.07, 6.45) is 1.74. The molecule has 4 nitrogen and oxygen atoms in total. The number of rotatable bonds is 4. The van der Waals surface area contributed by atoms with E-state index in [1.165, 1.54) is 12.1 Å². The molecule has 0 atom stereocenters. The van der Waals surface area contributed by atoms with Gasteiger partial charge in [-0.15, -0.1) is 0 Å². The Morgan fingerprint density at radius 2 is 2.11 bits per heavy atom. The van der Waals surface area contributed by atoms with Gasteiger partial charge in [-0.1, -0.05) is 6.07 Å². The lowest BCUT2D eigenvalue weighted by atomic mass is 10.1. The highest BCUT2D eigenvalue weighted by Gasteiger charge is 2.29. The minimum Gasteiger partial charge on any atom is -0.268 e. The van der Waals surface area contributed by atoms with Crippen LogP contribution < -0.4 is 4.72 Å². The maximum Gasteiger partial charge on any atom is 0.267 e. The van der Waals surface area contributed by atoms with Crippen LogP contribution in [0.5, 0.6) is 0 Å². The normalized spacial score (nSPS) is 15.4. The first-order valence-electron chi connectivity index (χ1n) is 5.68. The highest BCUT2D eigenvalue weighted by Crippen LogP contribution is 2.30. The van der Waals surface area contributed by atoms with E-state index in [2.05, 4.69) is 0 Å². The van der Waals surface area contributed by atoms with Gasteiger partial charge >= 0.3 is 0 Å². The van der Waals surface area contributed by atoms with Crippen molar-refractivity contribution in [3.8, 4) is 0 Å². The Bertz CT molecular complexity index is 579. The van der Waals surface area contributed by atoms with Crippen molar-refractivity contribution in [3.63, 3.8) is 0 Å². The van der Waals surface area contributed by atoms with E-state index in [0.29, 0.717) is 5.56 Å². The summed E-state index contributed by atoms with van der Waals surface area (Å²) in [4.78, 5) is 11.7. The van der Waals surface area contributed by atoms with Gasteiger partial charge in [0.15, 0.2) is 0 Å². The number of carbonyl (C=O) groups is 1. The molecule has 1 aliphatic carbocycles. The molecule has 1 aromatic rings. The number of sulfonamides is 1. The van der Waals surface area contributed by atoms with Gasteiger partial charge in [0, 0.05) is 0 Å². The van der Waals surface area contributed by atoms with Crippen molar-refractivity contribution >= 4 is 15.9 Å². The zero-order valence-electron chi connectivity index (χ0n) is 9.94. The molecular formula is C12H14FNO3S. The molecule has 0 heterocycles. The van der Waals surface area contributed by atoms with Gasteiger partial charge in [-0.3, -0.25) is 4.79 Å². The van der Waals surface area contributed by atoms with Gasteiger partial charge in [-0.25, -0.2) is 17.5 Å². The van der Waals surface area contributed by atoms with Gasteiger partial charge in [0.2, 0.25) is 10.0 Å².